The van der Waals surface area contributed by atoms with Gasteiger partial charge in [0.05, 0.1) is 6.61 Å². The standard InChI is InChI=1S/C8H17NO2S/c1-2-7(3-6-12)8(11)9-4-5-10/h7,10,12H,2-6H2,1H3,(H,9,11). The molecule has 3 nitrogen and oxygen atoms in total. The zero-order valence-corrected chi connectivity index (χ0v) is 8.31. The predicted molar refractivity (Wildman–Crippen MR) is 52.3 cm³/mol. The van der Waals surface area contributed by atoms with Crippen molar-refractivity contribution in [2.45, 2.75) is 19.8 Å². The maximum atomic E-state index is 11.3. The average molecular weight is 191 g/mol. The molecular formula is C8H17NO2S. The van der Waals surface area contributed by atoms with Crippen molar-refractivity contribution in [3.8, 4) is 0 Å². The van der Waals surface area contributed by atoms with Crippen LogP contribution in [0.1, 0.15) is 19.8 Å². The number of aliphatic hydroxyl groups excluding tert-OH is 1. The molecule has 0 aromatic heterocycles. The fourth-order valence-corrected chi connectivity index (χ4v) is 1.31. The van der Waals surface area contributed by atoms with Crippen molar-refractivity contribution in [1.82, 2.24) is 5.32 Å². The second kappa shape index (κ2) is 7.43. The molecular weight excluding hydrogens is 174 g/mol. The smallest absolute Gasteiger partial charge is 0.223 e. The number of carbonyl (C=O) groups excluding carboxylic acids is 1. The Balaban J connectivity index is 3.69. The Bertz CT molecular complexity index is 130. The first-order valence-corrected chi connectivity index (χ1v) is 4.88. The number of thiol groups is 1. The fourth-order valence-electron chi connectivity index (χ4n) is 1.000. The average Bonchev–Trinajstić information content (AvgIpc) is 2.10. The van der Waals surface area contributed by atoms with Gasteiger partial charge in [-0.15, -0.1) is 0 Å². The molecule has 0 aliphatic rings. The van der Waals surface area contributed by atoms with Crippen LogP contribution in [0.25, 0.3) is 0 Å². The Kier molecular flexibility index (Phi) is 7.29. The van der Waals surface area contributed by atoms with E-state index in [1.165, 1.54) is 0 Å². The maximum Gasteiger partial charge on any atom is 0.223 e. The van der Waals surface area contributed by atoms with Crippen LogP contribution in [0.4, 0.5) is 0 Å². The second-order valence-electron chi connectivity index (χ2n) is 2.63. The van der Waals surface area contributed by atoms with E-state index in [1.54, 1.807) is 0 Å². The third kappa shape index (κ3) is 4.62. The number of rotatable bonds is 6. The van der Waals surface area contributed by atoms with Crippen molar-refractivity contribution in [2.75, 3.05) is 18.9 Å². The Labute approximate surface area is 79.0 Å². The van der Waals surface area contributed by atoms with Gasteiger partial charge in [0.25, 0.3) is 0 Å². The summed E-state index contributed by atoms with van der Waals surface area (Å²) in [7, 11) is 0. The summed E-state index contributed by atoms with van der Waals surface area (Å²) in [6, 6.07) is 0. The summed E-state index contributed by atoms with van der Waals surface area (Å²) in [5.41, 5.74) is 0. The lowest BCUT2D eigenvalue weighted by molar-refractivity contribution is -0.125. The largest absolute Gasteiger partial charge is 0.395 e. The number of nitrogens with one attached hydrogen (secondary N) is 1. The molecule has 0 heterocycles. The number of hydrogen-bond donors (Lipinski definition) is 3. The maximum absolute atomic E-state index is 11.3. The Morgan fingerprint density at radius 1 is 1.67 bits per heavy atom. The summed E-state index contributed by atoms with van der Waals surface area (Å²) < 4.78 is 0. The Morgan fingerprint density at radius 3 is 2.75 bits per heavy atom. The highest BCUT2D eigenvalue weighted by molar-refractivity contribution is 7.80. The molecule has 0 aromatic carbocycles. The first-order valence-electron chi connectivity index (χ1n) is 4.25. The van der Waals surface area contributed by atoms with Crippen LogP contribution in [0.2, 0.25) is 0 Å². The van der Waals surface area contributed by atoms with E-state index in [2.05, 4.69) is 17.9 Å². The lowest BCUT2D eigenvalue weighted by Gasteiger charge is -2.12. The van der Waals surface area contributed by atoms with E-state index in [0.29, 0.717) is 6.54 Å². The molecule has 0 aromatic rings. The van der Waals surface area contributed by atoms with Gasteiger partial charge >= 0.3 is 0 Å². The summed E-state index contributed by atoms with van der Waals surface area (Å²) in [6.45, 7) is 2.33. The molecule has 1 unspecified atom stereocenters. The fraction of sp³-hybridized carbons (Fsp3) is 0.875. The topological polar surface area (TPSA) is 49.3 Å². The number of hydrogen-bond acceptors (Lipinski definition) is 3. The summed E-state index contributed by atoms with van der Waals surface area (Å²) in [5.74, 6) is 0.806. The monoisotopic (exact) mass is 191 g/mol. The van der Waals surface area contributed by atoms with Crippen LogP contribution >= 0.6 is 12.6 Å². The van der Waals surface area contributed by atoms with Crippen LogP contribution in [0, 0.1) is 5.92 Å². The van der Waals surface area contributed by atoms with Crippen molar-refractivity contribution >= 4 is 18.5 Å². The molecule has 0 spiro atoms. The summed E-state index contributed by atoms with van der Waals surface area (Å²) in [6.07, 6.45) is 1.63. The molecule has 12 heavy (non-hydrogen) atoms. The lowest BCUT2D eigenvalue weighted by atomic mass is 10.0. The minimum Gasteiger partial charge on any atom is -0.395 e. The van der Waals surface area contributed by atoms with E-state index in [4.69, 9.17) is 5.11 Å². The van der Waals surface area contributed by atoms with Gasteiger partial charge in [-0.3, -0.25) is 4.79 Å². The minimum atomic E-state index is 0.00303. The molecule has 4 heteroatoms. The van der Waals surface area contributed by atoms with Gasteiger partial charge in [-0.2, -0.15) is 12.6 Å². The van der Waals surface area contributed by atoms with Gasteiger partial charge in [0.15, 0.2) is 0 Å². The molecule has 0 aliphatic carbocycles. The Hall–Kier alpha value is -0.220. The first kappa shape index (κ1) is 11.8. The van der Waals surface area contributed by atoms with E-state index < -0.39 is 0 Å². The highest BCUT2D eigenvalue weighted by Gasteiger charge is 2.13. The molecule has 0 rings (SSSR count). The van der Waals surface area contributed by atoms with E-state index in [0.717, 1.165) is 18.6 Å². The van der Waals surface area contributed by atoms with E-state index in [9.17, 15) is 4.79 Å². The number of aliphatic hydroxyl groups is 1. The van der Waals surface area contributed by atoms with E-state index >= 15 is 0 Å². The summed E-state index contributed by atoms with van der Waals surface area (Å²) >= 11 is 4.07. The third-order valence-electron chi connectivity index (χ3n) is 1.75. The van der Waals surface area contributed by atoms with Crippen LogP contribution in [0.5, 0.6) is 0 Å². The molecule has 0 aliphatic heterocycles. The molecule has 72 valence electrons. The predicted octanol–water partition coefficient (Wildman–Crippen LogP) is 0.441. The highest BCUT2D eigenvalue weighted by atomic mass is 32.1. The molecule has 1 atom stereocenters. The lowest BCUT2D eigenvalue weighted by Crippen LogP contribution is -2.32. The quantitative estimate of drug-likeness (QED) is 0.534. The van der Waals surface area contributed by atoms with Crippen molar-refractivity contribution in [2.24, 2.45) is 5.92 Å². The van der Waals surface area contributed by atoms with Gasteiger partial charge in [-0.25, -0.2) is 0 Å². The van der Waals surface area contributed by atoms with Crippen molar-refractivity contribution in [3.63, 3.8) is 0 Å². The van der Waals surface area contributed by atoms with E-state index in [-0.39, 0.29) is 18.4 Å². The molecule has 1 amide bonds. The van der Waals surface area contributed by atoms with Crippen molar-refractivity contribution in [1.29, 1.82) is 0 Å². The molecule has 0 radical (unpaired) electrons. The van der Waals surface area contributed by atoms with Gasteiger partial charge in [-0.05, 0) is 18.6 Å². The molecule has 0 saturated carbocycles. The SMILES string of the molecule is CCC(CCS)C(=O)NCCO. The van der Waals surface area contributed by atoms with Crippen molar-refractivity contribution in [3.05, 3.63) is 0 Å². The van der Waals surface area contributed by atoms with Crippen LogP contribution < -0.4 is 5.32 Å². The van der Waals surface area contributed by atoms with Crippen molar-refractivity contribution < 1.29 is 9.90 Å². The molecule has 0 saturated heterocycles. The number of carbonyl (C=O) groups is 1. The minimum absolute atomic E-state index is 0.00303. The molecule has 2 N–H and O–H groups in total. The first-order chi connectivity index (χ1) is 5.76. The van der Waals surface area contributed by atoms with Crippen LogP contribution in [-0.2, 0) is 4.79 Å². The zero-order chi connectivity index (χ0) is 9.40. The van der Waals surface area contributed by atoms with Gasteiger partial charge in [-0.1, -0.05) is 6.92 Å². The Morgan fingerprint density at radius 2 is 2.33 bits per heavy atom. The zero-order valence-electron chi connectivity index (χ0n) is 7.42. The third-order valence-corrected chi connectivity index (χ3v) is 2.01. The van der Waals surface area contributed by atoms with Gasteiger partial charge in [0, 0.05) is 12.5 Å². The highest BCUT2D eigenvalue weighted by Crippen LogP contribution is 2.08. The van der Waals surface area contributed by atoms with Crippen LogP contribution in [-0.4, -0.2) is 29.9 Å². The normalized spacial score (nSPS) is 12.6. The van der Waals surface area contributed by atoms with Gasteiger partial charge in [0.1, 0.15) is 0 Å². The van der Waals surface area contributed by atoms with E-state index in [1.807, 2.05) is 6.92 Å². The van der Waals surface area contributed by atoms with Gasteiger partial charge in [0.2, 0.25) is 5.91 Å². The van der Waals surface area contributed by atoms with Gasteiger partial charge < -0.3 is 10.4 Å². The number of amides is 1. The second-order valence-corrected chi connectivity index (χ2v) is 3.08. The summed E-state index contributed by atoms with van der Waals surface area (Å²) in [5, 5.41) is 11.1. The van der Waals surface area contributed by atoms with Crippen LogP contribution in [0.3, 0.4) is 0 Å². The molecule has 0 bridgehead atoms. The summed E-state index contributed by atoms with van der Waals surface area (Å²) in [4.78, 5) is 11.3. The van der Waals surface area contributed by atoms with Crippen LogP contribution in [0.15, 0.2) is 0 Å². The molecule has 0 fully saturated rings.